The maximum Gasteiger partial charge on any atom is 0.435 e. The molecule has 11 heteroatoms. The second-order valence-electron chi connectivity index (χ2n) is 5.54. The first-order valence-electron chi connectivity index (χ1n) is 7.44. The van der Waals surface area contributed by atoms with E-state index in [1.165, 1.54) is 7.11 Å². The normalized spacial score (nSPS) is 12.2. The number of hydrogen-bond acceptors (Lipinski definition) is 6. The number of sulfone groups is 1. The molecule has 0 saturated heterocycles. The monoisotopic (exact) mass is 398 g/mol. The van der Waals surface area contributed by atoms with Crippen LogP contribution in [-0.4, -0.2) is 41.5 Å². The third-order valence-corrected chi connectivity index (χ3v) is 4.57. The number of benzene rings is 1. The van der Waals surface area contributed by atoms with Crippen molar-refractivity contribution in [1.29, 1.82) is 0 Å². The quantitative estimate of drug-likeness (QED) is 0.672. The molecule has 2 heterocycles. The lowest BCUT2D eigenvalue weighted by atomic mass is 10.1. The van der Waals surface area contributed by atoms with Crippen molar-refractivity contribution in [3.05, 3.63) is 48.4 Å². The molecule has 0 unspecified atom stereocenters. The van der Waals surface area contributed by atoms with Crippen LogP contribution in [0.2, 0.25) is 0 Å². The molecule has 0 bridgehead atoms. The highest BCUT2D eigenvalue weighted by Gasteiger charge is 2.35. The Hall–Kier alpha value is -2.95. The average Bonchev–Trinajstić information content (AvgIpc) is 3.07. The lowest BCUT2D eigenvalue weighted by Crippen LogP contribution is -2.09. The van der Waals surface area contributed by atoms with Crippen LogP contribution >= 0.6 is 0 Å². The van der Waals surface area contributed by atoms with E-state index >= 15 is 0 Å². The van der Waals surface area contributed by atoms with Crippen molar-refractivity contribution >= 4 is 9.84 Å². The molecule has 142 valence electrons. The first-order chi connectivity index (χ1) is 12.6. The molecule has 0 fully saturated rings. The van der Waals surface area contributed by atoms with Gasteiger partial charge in [0.05, 0.1) is 25.2 Å². The Morgan fingerprint density at radius 3 is 2.22 bits per heavy atom. The summed E-state index contributed by atoms with van der Waals surface area (Å²) in [4.78, 5) is 7.64. The summed E-state index contributed by atoms with van der Waals surface area (Å²) in [5.41, 5.74) is -0.554. The Bertz CT molecular complexity index is 1060. The summed E-state index contributed by atoms with van der Waals surface area (Å²) in [6.45, 7) is 0. The van der Waals surface area contributed by atoms with Crippen molar-refractivity contribution in [3.63, 3.8) is 0 Å². The summed E-state index contributed by atoms with van der Waals surface area (Å²) >= 11 is 0. The highest BCUT2D eigenvalue weighted by molar-refractivity contribution is 7.90. The minimum atomic E-state index is -4.66. The summed E-state index contributed by atoms with van der Waals surface area (Å²) in [5, 5.41) is 3.28. The number of methoxy groups -OCH3 is 1. The molecule has 0 spiro atoms. The Morgan fingerprint density at radius 2 is 1.74 bits per heavy atom. The molecule has 3 rings (SSSR count). The van der Waals surface area contributed by atoms with Gasteiger partial charge in [0.15, 0.2) is 26.4 Å². The zero-order chi connectivity index (χ0) is 19.8. The summed E-state index contributed by atoms with van der Waals surface area (Å²) in [6, 6.07) is 7.22. The van der Waals surface area contributed by atoms with Gasteiger partial charge in [-0.1, -0.05) is 0 Å². The van der Waals surface area contributed by atoms with E-state index in [9.17, 15) is 21.6 Å². The van der Waals surface area contributed by atoms with E-state index < -0.39 is 21.7 Å². The van der Waals surface area contributed by atoms with Gasteiger partial charge in [0.2, 0.25) is 0 Å². The zero-order valence-electron chi connectivity index (χ0n) is 14.1. The fourth-order valence-electron chi connectivity index (χ4n) is 2.27. The molecular weight excluding hydrogens is 385 g/mol. The highest BCUT2D eigenvalue weighted by atomic mass is 32.2. The van der Waals surface area contributed by atoms with Gasteiger partial charge < -0.3 is 4.74 Å². The predicted molar refractivity (Wildman–Crippen MR) is 89.3 cm³/mol. The second kappa shape index (κ2) is 6.65. The van der Waals surface area contributed by atoms with Crippen LogP contribution in [0.4, 0.5) is 13.2 Å². The van der Waals surface area contributed by atoms with Crippen molar-refractivity contribution < 1.29 is 26.3 Å². The van der Waals surface area contributed by atoms with Gasteiger partial charge in [-0.3, -0.25) is 0 Å². The maximum atomic E-state index is 13.1. The van der Waals surface area contributed by atoms with Gasteiger partial charge in [-0.2, -0.15) is 18.3 Å². The van der Waals surface area contributed by atoms with Gasteiger partial charge in [0, 0.05) is 11.8 Å². The van der Waals surface area contributed by atoms with Gasteiger partial charge >= 0.3 is 6.18 Å². The van der Waals surface area contributed by atoms with Crippen LogP contribution in [-0.2, 0) is 16.0 Å². The van der Waals surface area contributed by atoms with Crippen molar-refractivity contribution in [2.75, 3.05) is 13.4 Å². The Morgan fingerprint density at radius 1 is 1.07 bits per heavy atom. The van der Waals surface area contributed by atoms with Crippen LogP contribution < -0.4 is 4.74 Å². The standard InChI is InChI=1S/C16H13F3N4O3S/c1-26-11-5-3-10(4-6-11)12-7-13(16(17,18)19)22-23(12)14-8-21-15(9-20-14)27(2,24)25/h3-9H,1-2H3. The molecule has 1 aromatic carbocycles. The first kappa shape index (κ1) is 18.8. The van der Waals surface area contributed by atoms with Crippen LogP contribution in [0.15, 0.2) is 47.8 Å². The van der Waals surface area contributed by atoms with Crippen molar-refractivity contribution in [2.45, 2.75) is 11.2 Å². The third kappa shape index (κ3) is 3.92. The molecule has 0 aliphatic heterocycles. The van der Waals surface area contributed by atoms with Gasteiger partial charge in [-0.25, -0.2) is 23.1 Å². The van der Waals surface area contributed by atoms with E-state index in [2.05, 4.69) is 15.1 Å². The summed E-state index contributed by atoms with van der Waals surface area (Å²) in [6.07, 6.45) is -1.68. The van der Waals surface area contributed by atoms with Crippen molar-refractivity contribution in [1.82, 2.24) is 19.7 Å². The second-order valence-corrected chi connectivity index (χ2v) is 7.50. The third-order valence-electron chi connectivity index (χ3n) is 3.60. The number of halogens is 3. The molecule has 0 saturated carbocycles. The van der Waals surface area contributed by atoms with Gasteiger partial charge in [0.25, 0.3) is 0 Å². The number of ether oxygens (including phenoxy) is 1. The van der Waals surface area contributed by atoms with E-state index in [4.69, 9.17) is 4.74 Å². The molecule has 0 aliphatic carbocycles. The van der Waals surface area contributed by atoms with Crippen LogP contribution in [0.25, 0.3) is 17.1 Å². The summed E-state index contributed by atoms with van der Waals surface area (Å²) in [7, 11) is -2.11. The fourth-order valence-corrected chi connectivity index (χ4v) is 2.76. The Kier molecular flexibility index (Phi) is 4.64. The van der Waals surface area contributed by atoms with Crippen LogP contribution in [0.5, 0.6) is 5.75 Å². The molecule has 0 aliphatic rings. The average molecular weight is 398 g/mol. The lowest BCUT2D eigenvalue weighted by Gasteiger charge is -2.07. The maximum absolute atomic E-state index is 13.1. The first-order valence-corrected chi connectivity index (χ1v) is 9.33. The van der Waals surface area contributed by atoms with Crippen molar-refractivity contribution in [3.8, 4) is 22.8 Å². The Balaban J connectivity index is 2.14. The fraction of sp³-hybridized carbons (Fsp3) is 0.188. The number of aromatic nitrogens is 4. The lowest BCUT2D eigenvalue weighted by molar-refractivity contribution is -0.141. The van der Waals surface area contributed by atoms with Gasteiger partial charge in [-0.15, -0.1) is 0 Å². The van der Waals surface area contributed by atoms with Crippen LogP contribution in [0.1, 0.15) is 5.69 Å². The molecule has 0 N–H and O–H groups in total. The molecule has 0 radical (unpaired) electrons. The van der Waals surface area contributed by atoms with E-state index in [1.807, 2.05) is 0 Å². The van der Waals surface area contributed by atoms with Crippen LogP contribution in [0.3, 0.4) is 0 Å². The Labute approximate surface area is 152 Å². The molecule has 0 amide bonds. The molecular formula is C16H13F3N4O3S. The number of hydrogen-bond donors (Lipinski definition) is 0. The molecule has 0 atom stereocenters. The topological polar surface area (TPSA) is 87.0 Å². The smallest absolute Gasteiger partial charge is 0.435 e. The summed E-state index contributed by atoms with van der Waals surface area (Å²) < 4.78 is 68.4. The zero-order valence-corrected chi connectivity index (χ0v) is 14.9. The van der Waals surface area contributed by atoms with E-state index in [0.717, 1.165) is 29.4 Å². The van der Waals surface area contributed by atoms with Gasteiger partial charge in [-0.05, 0) is 30.3 Å². The number of rotatable bonds is 4. The predicted octanol–water partition coefficient (Wildman–Crippen LogP) is 2.76. The van der Waals surface area contributed by atoms with E-state index in [-0.39, 0.29) is 16.5 Å². The van der Waals surface area contributed by atoms with Gasteiger partial charge in [0.1, 0.15) is 5.75 Å². The van der Waals surface area contributed by atoms with Crippen LogP contribution in [0, 0.1) is 0 Å². The SMILES string of the molecule is COc1ccc(-c2cc(C(F)(F)F)nn2-c2cnc(S(C)(=O)=O)cn2)cc1. The number of alkyl halides is 3. The molecule has 3 aromatic rings. The molecule has 7 nitrogen and oxygen atoms in total. The summed E-state index contributed by atoms with van der Waals surface area (Å²) in [5.74, 6) is 0.488. The minimum absolute atomic E-state index is 0.0521. The molecule has 2 aromatic heterocycles. The van der Waals surface area contributed by atoms with E-state index in [0.29, 0.717) is 11.3 Å². The van der Waals surface area contributed by atoms with Crippen molar-refractivity contribution in [2.24, 2.45) is 0 Å². The molecule has 27 heavy (non-hydrogen) atoms. The number of nitrogens with zero attached hydrogens (tertiary/aromatic N) is 4. The largest absolute Gasteiger partial charge is 0.497 e. The van der Waals surface area contributed by atoms with E-state index in [1.54, 1.807) is 24.3 Å². The highest BCUT2D eigenvalue weighted by Crippen LogP contribution is 2.33. The minimum Gasteiger partial charge on any atom is -0.497 e.